The van der Waals surface area contributed by atoms with Crippen LogP contribution in [0.3, 0.4) is 0 Å². The number of carbonyl (C=O) groups is 1. The number of nitrogens with one attached hydrogen (secondary N) is 1. The van der Waals surface area contributed by atoms with E-state index in [0.717, 1.165) is 48.4 Å². The topological polar surface area (TPSA) is 56.2 Å². The predicted molar refractivity (Wildman–Crippen MR) is 126 cm³/mol. The van der Waals surface area contributed by atoms with Crippen molar-refractivity contribution in [3.8, 4) is 5.75 Å². The lowest BCUT2D eigenvalue weighted by Crippen LogP contribution is -2.30. The van der Waals surface area contributed by atoms with E-state index in [0.29, 0.717) is 19.1 Å². The van der Waals surface area contributed by atoms with Crippen molar-refractivity contribution in [2.24, 2.45) is 5.92 Å². The summed E-state index contributed by atoms with van der Waals surface area (Å²) in [6, 6.07) is 16.4. The Hall–Kier alpha value is -2.82. The van der Waals surface area contributed by atoms with Crippen molar-refractivity contribution in [2.45, 2.75) is 66.0 Å². The fourth-order valence-corrected chi connectivity index (χ4v) is 3.97. The van der Waals surface area contributed by atoms with Crippen LogP contribution < -0.4 is 10.1 Å². The van der Waals surface area contributed by atoms with Gasteiger partial charge in [0.05, 0.1) is 24.2 Å². The molecule has 0 unspecified atom stereocenters. The standard InChI is InChI=1S/C26H35N3O2/c1-5-20(6-2)26(30)27-18-25-28-22-13-8-9-14-23(22)29(25)16-11-17-31-24-15-10-7-12-21(24)19(3)4/h7-10,12-15,19-20H,5-6,11,16-18H2,1-4H3,(H,27,30). The molecule has 31 heavy (non-hydrogen) atoms. The minimum atomic E-state index is 0.0623. The van der Waals surface area contributed by atoms with Gasteiger partial charge in [-0.15, -0.1) is 0 Å². The second-order valence-corrected chi connectivity index (χ2v) is 8.29. The molecule has 3 aromatic rings. The molecule has 5 heteroatoms. The SMILES string of the molecule is CCC(CC)C(=O)NCc1nc2ccccc2n1CCCOc1ccccc1C(C)C. The van der Waals surface area contributed by atoms with Gasteiger partial charge in [-0.25, -0.2) is 4.98 Å². The molecular weight excluding hydrogens is 386 g/mol. The highest BCUT2D eigenvalue weighted by molar-refractivity contribution is 5.79. The van der Waals surface area contributed by atoms with Crippen molar-refractivity contribution in [1.82, 2.24) is 14.9 Å². The Morgan fingerprint density at radius 2 is 1.77 bits per heavy atom. The van der Waals surface area contributed by atoms with E-state index in [1.165, 1.54) is 5.56 Å². The summed E-state index contributed by atoms with van der Waals surface area (Å²) in [5.74, 6) is 2.46. The van der Waals surface area contributed by atoms with Crippen LogP contribution in [0, 0.1) is 5.92 Å². The summed E-state index contributed by atoms with van der Waals surface area (Å²) in [4.78, 5) is 17.2. The average Bonchev–Trinajstić information content (AvgIpc) is 3.13. The maximum Gasteiger partial charge on any atom is 0.223 e. The van der Waals surface area contributed by atoms with Crippen LogP contribution in [0.5, 0.6) is 5.75 Å². The lowest BCUT2D eigenvalue weighted by Gasteiger charge is -2.15. The lowest BCUT2D eigenvalue weighted by atomic mass is 10.0. The minimum absolute atomic E-state index is 0.0623. The molecule has 0 saturated heterocycles. The number of hydrogen-bond donors (Lipinski definition) is 1. The predicted octanol–water partition coefficient (Wildman–Crippen LogP) is 5.68. The van der Waals surface area contributed by atoms with Crippen molar-refractivity contribution in [2.75, 3.05) is 6.61 Å². The van der Waals surface area contributed by atoms with Gasteiger partial charge in [-0.1, -0.05) is 58.0 Å². The molecule has 0 aliphatic rings. The van der Waals surface area contributed by atoms with Crippen LogP contribution in [-0.4, -0.2) is 22.1 Å². The monoisotopic (exact) mass is 421 g/mol. The normalized spacial score (nSPS) is 11.4. The summed E-state index contributed by atoms with van der Waals surface area (Å²) >= 11 is 0. The van der Waals surface area contributed by atoms with Gasteiger partial charge in [0.25, 0.3) is 0 Å². The fraction of sp³-hybridized carbons (Fsp3) is 0.462. The van der Waals surface area contributed by atoms with Crippen molar-refractivity contribution in [3.05, 3.63) is 59.9 Å². The zero-order valence-electron chi connectivity index (χ0n) is 19.2. The van der Waals surface area contributed by atoms with Crippen molar-refractivity contribution in [1.29, 1.82) is 0 Å². The van der Waals surface area contributed by atoms with E-state index in [1.54, 1.807) is 0 Å². The van der Waals surface area contributed by atoms with Gasteiger partial charge >= 0.3 is 0 Å². The maximum absolute atomic E-state index is 12.4. The summed E-state index contributed by atoms with van der Waals surface area (Å²) in [5.41, 5.74) is 3.29. The first-order valence-electron chi connectivity index (χ1n) is 11.5. The second kappa shape index (κ2) is 11.0. The van der Waals surface area contributed by atoms with Crippen LogP contribution >= 0.6 is 0 Å². The van der Waals surface area contributed by atoms with Crippen LogP contribution in [0.1, 0.15) is 64.3 Å². The largest absolute Gasteiger partial charge is 0.493 e. The Morgan fingerprint density at radius 3 is 2.52 bits per heavy atom. The Kier molecular flexibility index (Phi) is 8.10. The highest BCUT2D eigenvalue weighted by atomic mass is 16.5. The van der Waals surface area contributed by atoms with E-state index >= 15 is 0 Å². The number of hydrogen-bond acceptors (Lipinski definition) is 3. The Labute approximate surface area is 185 Å². The number of benzene rings is 2. The minimum Gasteiger partial charge on any atom is -0.493 e. The summed E-state index contributed by atoms with van der Waals surface area (Å²) in [7, 11) is 0. The fourth-order valence-electron chi connectivity index (χ4n) is 3.97. The van der Waals surface area contributed by atoms with E-state index in [4.69, 9.17) is 9.72 Å². The Balaban J connectivity index is 1.67. The van der Waals surface area contributed by atoms with Gasteiger partial charge in [-0.2, -0.15) is 0 Å². The van der Waals surface area contributed by atoms with E-state index in [2.05, 4.69) is 55.8 Å². The molecule has 1 heterocycles. The van der Waals surface area contributed by atoms with Crippen molar-refractivity contribution < 1.29 is 9.53 Å². The third kappa shape index (κ3) is 5.66. The molecule has 3 rings (SSSR count). The molecule has 0 aliphatic heterocycles. The lowest BCUT2D eigenvalue weighted by molar-refractivity contribution is -0.125. The number of para-hydroxylation sites is 3. The zero-order valence-corrected chi connectivity index (χ0v) is 19.2. The maximum atomic E-state index is 12.4. The van der Waals surface area contributed by atoms with E-state index in [-0.39, 0.29) is 11.8 Å². The van der Waals surface area contributed by atoms with Gasteiger partial charge in [0.15, 0.2) is 0 Å². The zero-order chi connectivity index (χ0) is 22.2. The van der Waals surface area contributed by atoms with Crippen LogP contribution in [-0.2, 0) is 17.9 Å². The molecule has 0 fully saturated rings. The first-order chi connectivity index (χ1) is 15.0. The second-order valence-electron chi connectivity index (χ2n) is 8.29. The van der Waals surface area contributed by atoms with Gasteiger partial charge < -0.3 is 14.6 Å². The van der Waals surface area contributed by atoms with E-state index < -0.39 is 0 Å². The number of ether oxygens (including phenoxy) is 1. The molecule has 5 nitrogen and oxygen atoms in total. The summed E-state index contributed by atoms with van der Waals surface area (Å²) < 4.78 is 8.31. The van der Waals surface area contributed by atoms with Crippen molar-refractivity contribution >= 4 is 16.9 Å². The highest BCUT2D eigenvalue weighted by Crippen LogP contribution is 2.26. The molecular formula is C26H35N3O2. The summed E-state index contributed by atoms with van der Waals surface area (Å²) in [5, 5.41) is 3.08. The van der Waals surface area contributed by atoms with Crippen LogP contribution in [0.2, 0.25) is 0 Å². The third-order valence-corrected chi connectivity index (χ3v) is 5.84. The third-order valence-electron chi connectivity index (χ3n) is 5.84. The molecule has 0 saturated carbocycles. The number of imidazole rings is 1. The number of rotatable bonds is 11. The number of amides is 1. The van der Waals surface area contributed by atoms with Gasteiger partial charge in [0, 0.05) is 12.5 Å². The van der Waals surface area contributed by atoms with Crippen LogP contribution in [0.25, 0.3) is 11.0 Å². The number of nitrogens with zero attached hydrogens (tertiary/aromatic N) is 2. The smallest absolute Gasteiger partial charge is 0.223 e. The number of carbonyl (C=O) groups excluding carboxylic acids is 1. The van der Waals surface area contributed by atoms with E-state index in [9.17, 15) is 4.79 Å². The molecule has 1 amide bonds. The molecule has 2 aromatic carbocycles. The number of fused-ring (bicyclic) bond motifs is 1. The summed E-state index contributed by atoms with van der Waals surface area (Å²) in [6.45, 7) is 10.3. The molecule has 1 aromatic heterocycles. The first kappa shape index (κ1) is 22.9. The molecule has 0 spiro atoms. The van der Waals surface area contributed by atoms with Gasteiger partial charge in [-0.05, 0) is 48.9 Å². The Bertz CT molecular complexity index is 989. The average molecular weight is 422 g/mol. The quantitative estimate of drug-likeness (QED) is 0.405. The number of aryl methyl sites for hydroxylation is 1. The first-order valence-corrected chi connectivity index (χ1v) is 11.5. The van der Waals surface area contributed by atoms with Crippen molar-refractivity contribution in [3.63, 3.8) is 0 Å². The number of aromatic nitrogens is 2. The van der Waals surface area contributed by atoms with Gasteiger partial charge in [0.2, 0.25) is 5.91 Å². The molecule has 0 atom stereocenters. The molecule has 166 valence electrons. The molecule has 1 N–H and O–H groups in total. The summed E-state index contributed by atoms with van der Waals surface area (Å²) in [6.07, 6.45) is 2.57. The van der Waals surface area contributed by atoms with Crippen LogP contribution in [0.15, 0.2) is 48.5 Å². The molecule has 0 bridgehead atoms. The Morgan fingerprint density at radius 1 is 1.06 bits per heavy atom. The molecule has 0 radical (unpaired) electrons. The van der Waals surface area contributed by atoms with Crippen LogP contribution in [0.4, 0.5) is 0 Å². The van der Waals surface area contributed by atoms with Gasteiger partial charge in [-0.3, -0.25) is 4.79 Å². The van der Waals surface area contributed by atoms with Gasteiger partial charge in [0.1, 0.15) is 11.6 Å². The highest BCUT2D eigenvalue weighted by Gasteiger charge is 2.16. The van der Waals surface area contributed by atoms with E-state index in [1.807, 2.05) is 30.3 Å². The molecule has 0 aliphatic carbocycles.